The van der Waals surface area contributed by atoms with Crippen molar-refractivity contribution in [3.63, 3.8) is 0 Å². The molecule has 0 saturated heterocycles. The minimum absolute atomic E-state index is 0.195. The lowest BCUT2D eigenvalue weighted by Crippen LogP contribution is -2.42. The van der Waals surface area contributed by atoms with Crippen LogP contribution in [0.15, 0.2) is 0 Å². The largest absolute Gasteiger partial charge is 0.382 e. The Balaban J connectivity index is 3.34. The van der Waals surface area contributed by atoms with E-state index < -0.39 is 0 Å². The summed E-state index contributed by atoms with van der Waals surface area (Å²) in [6.45, 7) is 12.4. The maximum atomic E-state index is 5.71. The van der Waals surface area contributed by atoms with Crippen LogP contribution >= 0.6 is 0 Å². The third kappa shape index (κ3) is 11.0. The van der Waals surface area contributed by atoms with Gasteiger partial charge in [-0.05, 0) is 33.6 Å². The monoisotopic (exact) mass is 261 g/mol. The van der Waals surface area contributed by atoms with Crippen molar-refractivity contribution >= 4 is 0 Å². The highest BCUT2D eigenvalue weighted by Gasteiger charge is 2.14. The summed E-state index contributed by atoms with van der Waals surface area (Å²) < 4.78 is 16.0. The standard InChI is InChI=1S/C14H31NO3/c1-6-14(3,4)15-12-13(2)18-9-7-8-17-11-10-16-5/h13,15H,6-12H2,1-5H3. The fourth-order valence-electron chi connectivity index (χ4n) is 1.29. The Bertz CT molecular complexity index is 186. The first-order valence-electron chi connectivity index (χ1n) is 6.95. The van der Waals surface area contributed by atoms with Gasteiger partial charge in [0.2, 0.25) is 0 Å². The fourth-order valence-corrected chi connectivity index (χ4v) is 1.29. The Hall–Kier alpha value is -0.160. The SMILES string of the molecule is CCC(C)(C)NCC(C)OCCCOCCOC. The molecule has 18 heavy (non-hydrogen) atoms. The molecule has 0 aliphatic rings. The van der Waals surface area contributed by atoms with Gasteiger partial charge < -0.3 is 19.5 Å². The lowest BCUT2D eigenvalue weighted by atomic mass is 10.0. The molecule has 1 N–H and O–H groups in total. The van der Waals surface area contributed by atoms with Gasteiger partial charge in [0.15, 0.2) is 0 Å². The van der Waals surface area contributed by atoms with E-state index in [-0.39, 0.29) is 11.6 Å². The third-order valence-corrected chi connectivity index (χ3v) is 3.02. The average Bonchev–Trinajstić information content (AvgIpc) is 2.35. The zero-order valence-corrected chi connectivity index (χ0v) is 12.8. The Labute approximate surface area is 112 Å². The summed E-state index contributed by atoms with van der Waals surface area (Å²) in [6.07, 6.45) is 2.30. The summed E-state index contributed by atoms with van der Waals surface area (Å²) in [5, 5.41) is 3.50. The highest BCUT2D eigenvalue weighted by atomic mass is 16.5. The highest BCUT2D eigenvalue weighted by molar-refractivity contribution is 4.76. The third-order valence-electron chi connectivity index (χ3n) is 3.02. The Morgan fingerprint density at radius 1 is 1.11 bits per heavy atom. The number of nitrogens with one attached hydrogen (secondary N) is 1. The number of methoxy groups -OCH3 is 1. The molecule has 0 amide bonds. The molecule has 0 aliphatic carbocycles. The van der Waals surface area contributed by atoms with Crippen LogP contribution < -0.4 is 5.32 Å². The summed E-state index contributed by atoms with van der Waals surface area (Å²) in [4.78, 5) is 0. The van der Waals surface area contributed by atoms with Gasteiger partial charge in [0.1, 0.15) is 0 Å². The van der Waals surface area contributed by atoms with Gasteiger partial charge >= 0.3 is 0 Å². The van der Waals surface area contributed by atoms with E-state index in [1.807, 2.05) is 0 Å². The van der Waals surface area contributed by atoms with Crippen molar-refractivity contribution in [1.82, 2.24) is 5.32 Å². The van der Waals surface area contributed by atoms with Crippen molar-refractivity contribution in [3.05, 3.63) is 0 Å². The maximum absolute atomic E-state index is 5.71. The molecule has 0 aromatic carbocycles. The minimum Gasteiger partial charge on any atom is -0.382 e. The molecular formula is C14H31NO3. The van der Waals surface area contributed by atoms with Gasteiger partial charge in [-0.3, -0.25) is 0 Å². The predicted octanol–water partition coefficient (Wildman–Crippen LogP) is 2.22. The maximum Gasteiger partial charge on any atom is 0.0700 e. The predicted molar refractivity (Wildman–Crippen MR) is 75.1 cm³/mol. The first-order chi connectivity index (χ1) is 8.52. The molecule has 0 aliphatic heterocycles. The average molecular weight is 261 g/mol. The molecule has 110 valence electrons. The molecular weight excluding hydrogens is 230 g/mol. The van der Waals surface area contributed by atoms with Crippen molar-refractivity contribution in [2.45, 2.75) is 52.2 Å². The summed E-state index contributed by atoms with van der Waals surface area (Å²) in [5.74, 6) is 0. The first-order valence-corrected chi connectivity index (χ1v) is 6.95. The molecule has 4 heteroatoms. The number of hydrogen-bond acceptors (Lipinski definition) is 4. The van der Waals surface area contributed by atoms with Crippen LogP contribution in [0.4, 0.5) is 0 Å². The molecule has 4 nitrogen and oxygen atoms in total. The van der Waals surface area contributed by atoms with Crippen molar-refractivity contribution in [3.8, 4) is 0 Å². The van der Waals surface area contributed by atoms with Gasteiger partial charge in [-0.2, -0.15) is 0 Å². The van der Waals surface area contributed by atoms with E-state index in [0.29, 0.717) is 13.2 Å². The van der Waals surface area contributed by atoms with Crippen LogP contribution in [0, 0.1) is 0 Å². The van der Waals surface area contributed by atoms with Gasteiger partial charge in [-0.1, -0.05) is 6.92 Å². The fraction of sp³-hybridized carbons (Fsp3) is 1.00. The van der Waals surface area contributed by atoms with Crippen LogP contribution in [0.2, 0.25) is 0 Å². The van der Waals surface area contributed by atoms with Crippen LogP contribution in [0.3, 0.4) is 0 Å². The highest BCUT2D eigenvalue weighted by Crippen LogP contribution is 2.06. The van der Waals surface area contributed by atoms with Gasteiger partial charge in [0.25, 0.3) is 0 Å². The van der Waals surface area contributed by atoms with Gasteiger partial charge in [-0.15, -0.1) is 0 Å². The normalized spacial score (nSPS) is 13.8. The van der Waals surface area contributed by atoms with Crippen LogP contribution in [0.25, 0.3) is 0 Å². The van der Waals surface area contributed by atoms with Gasteiger partial charge in [0.05, 0.1) is 19.3 Å². The molecule has 0 radical (unpaired) electrons. The molecule has 1 atom stereocenters. The molecule has 0 aromatic rings. The number of ether oxygens (including phenoxy) is 3. The Morgan fingerprint density at radius 3 is 2.44 bits per heavy atom. The van der Waals surface area contributed by atoms with Crippen molar-refractivity contribution in [2.24, 2.45) is 0 Å². The zero-order chi connectivity index (χ0) is 13.9. The van der Waals surface area contributed by atoms with E-state index in [1.54, 1.807) is 7.11 Å². The molecule has 0 aromatic heterocycles. The van der Waals surface area contributed by atoms with Crippen LogP contribution in [0.1, 0.15) is 40.5 Å². The molecule has 0 fully saturated rings. The molecule has 0 saturated carbocycles. The van der Waals surface area contributed by atoms with Gasteiger partial charge in [-0.25, -0.2) is 0 Å². The summed E-state index contributed by atoms with van der Waals surface area (Å²) in [6, 6.07) is 0. The second-order valence-electron chi connectivity index (χ2n) is 5.26. The quantitative estimate of drug-likeness (QED) is 0.547. The van der Waals surface area contributed by atoms with E-state index in [2.05, 4.69) is 33.0 Å². The second kappa shape index (κ2) is 10.7. The van der Waals surface area contributed by atoms with Crippen LogP contribution in [-0.4, -0.2) is 51.7 Å². The van der Waals surface area contributed by atoms with Gasteiger partial charge in [0, 0.05) is 32.4 Å². The lowest BCUT2D eigenvalue weighted by molar-refractivity contribution is 0.0281. The summed E-state index contributed by atoms with van der Waals surface area (Å²) in [5.41, 5.74) is 0.195. The van der Waals surface area contributed by atoms with Crippen LogP contribution in [0.5, 0.6) is 0 Å². The van der Waals surface area contributed by atoms with E-state index in [0.717, 1.165) is 32.6 Å². The van der Waals surface area contributed by atoms with Crippen molar-refractivity contribution < 1.29 is 14.2 Å². The molecule has 1 unspecified atom stereocenters. The van der Waals surface area contributed by atoms with E-state index in [1.165, 1.54) is 0 Å². The molecule has 0 rings (SSSR count). The first kappa shape index (κ1) is 17.8. The topological polar surface area (TPSA) is 39.7 Å². The Morgan fingerprint density at radius 2 is 1.83 bits per heavy atom. The lowest BCUT2D eigenvalue weighted by Gasteiger charge is -2.26. The number of rotatable bonds is 12. The minimum atomic E-state index is 0.195. The molecule has 0 spiro atoms. The van der Waals surface area contributed by atoms with E-state index in [9.17, 15) is 0 Å². The van der Waals surface area contributed by atoms with E-state index in [4.69, 9.17) is 14.2 Å². The Kier molecular flexibility index (Phi) is 10.6. The van der Waals surface area contributed by atoms with Crippen molar-refractivity contribution in [1.29, 1.82) is 0 Å². The second-order valence-corrected chi connectivity index (χ2v) is 5.26. The molecule has 0 bridgehead atoms. The summed E-state index contributed by atoms with van der Waals surface area (Å²) >= 11 is 0. The summed E-state index contributed by atoms with van der Waals surface area (Å²) in [7, 11) is 1.68. The smallest absolute Gasteiger partial charge is 0.0700 e. The van der Waals surface area contributed by atoms with Crippen molar-refractivity contribution in [2.75, 3.05) is 40.1 Å². The van der Waals surface area contributed by atoms with E-state index >= 15 is 0 Å². The molecule has 0 heterocycles. The zero-order valence-electron chi connectivity index (χ0n) is 12.8. The van der Waals surface area contributed by atoms with Crippen LogP contribution in [-0.2, 0) is 14.2 Å². The number of hydrogen-bond donors (Lipinski definition) is 1.